The fraction of sp³-hybridized carbons (Fsp3) is 0.655. The highest BCUT2D eigenvalue weighted by Gasteiger charge is 2.46. The van der Waals surface area contributed by atoms with Crippen molar-refractivity contribution in [2.75, 3.05) is 40.3 Å². The summed E-state index contributed by atoms with van der Waals surface area (Å²) in [6, 6.07) is 13.6. The third kappa shape index (κ3) is 13.6. The molecule has 2 aromatic carbocycles. The van der Waals surface area contributed by atoms with Crippen molar-refractivity contribution in [1.82, 2.24) is 20.0 Å². The summed E-state index contributed by atoms with van der Waals surface area (Å²) in [5.41, 5.74) is 10.9. The van der Waals surface area contributed by atoms with E-state index in [2.05, 4.69) is 34.5 Å². The second-order valence-electron chi connectivity index (χ2n) is 24.0. The van der Waals surface area contributed by atoms with Crippen LogP contribution >= 0.6 is 23.2 Å². The van der Waals surface area contributed by atoms with E-state index in [0.29, 0.717) is 55.6 Å². The van der Waals surface area contributed by atoms with E-state index in [1.807, 2.05) is 60.7 Å². The van der Waals surface area contributed by atoms with Crippen molar-refractivity contribution < 1.29 is 33.8 Å². The molecule has 2 aromatic rings. The topological polar surface area (TPSA) is 129 Å². The van der Waals surface area contributed by atoms with Gasteiger partial charge in [-0.05, 0) is 243 Å². The van der Waals surface area contributed by atoms with Gasteiger partial charge in [-0.15, -0.1) is 0 Å². The number of carbonyl (C=O) groups is 4. The van der Waals surface area contributed by atoms with Gasteiger partial charge in [0.1, 0.15) is 11.2 Å². The molecule has 10 rings (SSSR count). The van der Waals surface area contributed by atoms with Crippen LogP contribution in [0.4, 0.5) is 9.59 Å². The van der Waals surface area contributed by atoms with Gasteiger partial charge in [0.05, 0.1) is 12.0 Å². The summed E-state index contributed by atoms with van der Waals surface area (Å²) in [4.78, 5) is 54.4. The normalized spacial score (nSPS) is 25.8. The fourth-order valence-electron chi connectivity index (χ4n) is 12.3. The molecule has 0 bridgehead atoms. The monoisotopic (exact) mass is 1010 g/mol. The van der Waals surface area contributed by atoms with Gasteiger partial charge in [0.15, 0.2) is 0 Å². The van der Waals surface area contributed by atoms with Gasteiger partial charge in [0.25, 0.3) is 0 Å². The van der Waals surface area contributed by atoms with E-state index >= 15 is 0 Å². The van der Waals surface area contributed by atoms with Gasteiger partial charge < -0.3 is 34.6 Å². The minimum absolute atomic E-state index is 0.111. The highest BCUT2D eigenvalue weighted by atomic mass is 35.5. The number of amides is 3. The summed E-state index contributed by atoms with van der Waals surface area (Å²) in [5, 5.41) is 14.3. The van der Waals surface area contributed by atoms with Crippen LogP contribution in [0.25, 0.3) is 11.1 Å². The van der Waals surface area contributed by atoms with Crippen LogP contribution in [0.5, 0.6) is 0 Å². The molecule has 13 heteroatoms. The third-order valence-electron chi connectivity index (χ3n) is 16.0. The van der Waals surface area contributed by atoms with Gasteiger partial charge in [-0.25, -0.2) is 9.59 Å². The largest absolute Gasteiger partial charge is 0.481 e. The van der Waals surface area contributed by atoms with E-state index in [-0.39, 0.29) is 30.1 Å². The molecule has 2 aliphatic heterocycles. The molecule has 0 saturated heterocycles. The van der Waals surface area contributed by atoms with Crippen molar-refractivity contribution in [3.8, 4) is 0 Å². The molecular weight excluding hydrogens is 936 g/mol. The van der Waals surface area contributed by atoms with Crippen LogP contribution in [0.1, 0.15) is 154 Å². The molecule has 4 fully saturated rings. The average Bonchev–Trinajstić information content (AvgIpc) is 4.26. The fourth-order valence-corrected chi connectivity index (χ4v) is 12.7. The maximum Gasteiger partial charge on any atom is 0.410 e. The molecule has 2 atom stereocenters. The Kier molecular flexibility index (Phi) is 16.6. The van der Waals surface area contributed by atoms with Crippen molar-refractivity contribution in [2.24, 2.45) is 35.5 Å². The number of halogens is 2. The summed E-state index contributed by atoms with van der Waals surface area (Å²) in [5.74, 6) is 1.91. The van der Waals surface area contributed by atoms with Crippen molar-refractivity contribution in [2.45, 2.75) is 168 Å². The molecule has 2 heterocycles. The predicted octanol–water partition coefficient (Wildman–Crippen LogP) is 12.5. The Morgan fingerprint density at radius 1 is 0.648 bits per heavy atom. The lowest BCUT2D eigenvalue weighted by molar-refractivity contribution is -0.143. The van der Waals surface area contributed by atoms with E-state index in [9.17, 15) is 19.2 Å². The van der Waals surface area contributed by atoms with Crippen LogP contribution < -0.4 is 5.32 Å². The quantitative estimate of drug-likeness (QED) is 0.268. The van der Waals surface area contributed by atoms with Gasteiger partial charge in [0.2, 0.25) is 5.91 Å². The zero-order valence-corrected chi connectivity index (χ0v) is 45.2. The van der Waals surface area contributed by atoms with E-state index < -0.39 is 17.2 Å². The van der Waals surface area contributed by atoms with Gasteiger partial charge in [-0.3, -0.25) is 9.59 Å². The average molecular weight is 1020 g/mol. The zero-order chi connectivity index (χ0) is 50.9. The van der Waals surface area contributed by atoms with Gasteiger partial charge in [-0.1, -0.05) is 35.3 Å². The first-order chi connectivity index (χ1) is 33.6. The Morgan fingerprint density at radius 2 is 1.11 bits per heavy atom. The summed E-state index contributed by atoms with van der Waals surface area (Å²) in [6.07, 6.45) is 15.9. The lowest BCUT2D eigenvalue weighted by Gasteiger charge is -2.41. The van der Waals surface area contributed by atoms with Crippen LogP contribution in [-0.2, 0) is 31.9 Å². The smallest absolute Gasteiger partial charge is 0.410 e. The first kappa shape index (κ1) is 53.2. The molecule has 0 spiro atoms. The number of benzene rings is 2. The van der Waals surface area contributed by atoms with Gasteiger partial charge >= 0.3 is 18.2 Å². The summed E-state index contributed by atoms with van der Waals surface area (Å²) < 4.78 is 10.8. The molecule has 71 heavy (non-hydrogen) atoms. The Bertz CT molecular complexity index is 2360. The number of aliphatic carboxylic acids is 1. The van der Waals surface area contributed by atoms with E-state index in [1.54, 1.807) is 28.0 Å². The van der Waals surface area contributed by atoms with Crippen molar-refractivity contribution >= 4 is 58.4 Å². The Morgan fingerprint density at radius 3 is 1.58 bits per heavy atom. The minimum atomic E-state index is -0.695. The second kappa shape index (κ2) is 22.2. The van der Waals surface area contributed by atoms with Crippen molar-refractivity contribution in [3.63, 3.8) is 0 Å². The first-order valence-electron chi connectivity index (χ1n) is 26.8. The van der Waals surface area contributed by atoms with Crippen molar-refractivity contribution in [3.05, 3.63) is 79.8 Å². The standard InChI is InChI=1S/C29H39ClN2O3.C15H16ClN.C14H25NO4/c1-29(2,3)35-28(34)31(4)17-18-5-7-20(8-6-18)27(33)32-14-13-24-23-12-11-22(30)15-21(23)16-25(24)26(32)19-9-10-19;16-11-3-4-12-10(7-11)8-14-13(12)5-6-17-15(14)9-1-2-9;1-14(2,3)19-13(18)15(4)9-10-5-7-11(8-6-10)12(16)17/h11-12,15,18-20,26H,5-10,13-14,16-17H2,1-4H3;3-4,7,9,15,17H,1-2,5-6,8H2;10-11H,5-9H2,1-4H3,(H,16,17). The molecular formula is C58H80Cl2N4O7. The molecule has 11 nitrogen and oxygen atoms in total. The molecule has 8 aliphatic rings. The Hall–Kier alpha value is -4.06. The zero-order valence-electron chi connectivity index (χ0n) is 43.7. The van der Waals surface area contributed by atoms with Crippen LogP contribution in [0.15, 0.2) is 47.5 Å². The number of nitrogens with one attached hydrogen (secondary N) is 1. The number of nitrogens with zero attached hydrogens (tertiary/aromatic N) is 3. The highest BCUT2D eigenvalue weighted by molar-refractivity contribution is 6.31. The summed E-state index contributed by atoms with van der Waals surface area (Å²) >= 11 is 12.4. The number of hydrogen-bond acceptors (Lipinski definition) is 7. The number of carboxylic acid groups (broad SMARTS) is 1. The van der Waals surface area contributed by atoms with Crippen LogP contribution in [0, 0.1) is 35.5 Å². The highest BCUT2D eigenvalue weighted by Crippen LogP contribution is 2.50. The van der Waals surface area contributed by atoms with E-state index in [1.165, 1.54) is 65.5 Å². The Labute approximate surface area is 433 Å². The molecule has 2 N–H and O–H groups in total. The van der Waals surface area contributed by atoms with Crippen LogP contribution in [0.2, 0.25) is 10.0 Å². The number of carbonyl (C=O) groups excluding carboxylic acids is 3. The van der Waals surface area contributed by atoms with E-state index in [0.717, 1.165) is 86.8 Å². The molecule has 6 aliphatic carbocycles. The number of rotatable bonds is 8. The molecule has 4 saturated carbocycles. The molecule has 2 unspecified atom stereocenters. The van der Waals surface area contributed by atoms with Crippen molar-refractivity contribution in [1.29, 1.82) is 0 Å². The predicted molar refractivity (Wildman–Crippen MR) is 282 cm³/mol. The number of fused-ring (bicyclic) bond motifs is 4. The second-order valence-corrected chi connectivity index (χ2v) is 24.9. The SMILES string of the molecule is CN(CC1CCC(C(=O)N2CCC3=C(Cc4cc(Cl)ccc43)C2C2CC2)CC1)C(=O)OC(C)(C)C.CN(CC1CCC(C(=O)O)CC1)C(=O)OC(C)(C)C.Clc1ccc2c(c1)CC1=C2CCNC1C1CC1. The number of carboxylic acids is 1. The summed E-state index contributed by atoms with van der Waals surface area (Å²) in [6.45, 7) is 14.5. The third-order valence-corrected chi connectivity index (χ3v) is 16.5. The van der Waals surface area contributed by atoms with Crippen LogP contribution in [0.3, 0.4) is 0 Å². The maximum absolute atomic E-state index is 13.8. The molecule has 388 valence electrons. The minimum Gasteiger partial charge on any atom is -0.481 e. The molecule has 3 amide bonds. The van der Waals surface area contributed by atoms with Gasteiger partial charge in [-0.2, -0.15) is 0 Å². The first-order valence-corrected chi connectivity index (χ1v) is 27.5. The number of ether oxygens (including phenoxy) is 2. The van der Waals surface area contributed by atoms with Crippen LogP contribution in [-0.4, -0.2) is 107 Å². The van der Waals surface area contributed by atoms with Gasteiger partial charge in [0, 0.05) is 55.7 Å². The lowest BCUT2D eigenvalue weighted by Crippen LogP contribution is -2.49. The summed E-state index contributed by atoms with van der Waals surface area (Å²) in [7, 11) is 3.55. The Balaban J connectivity index is 0.000000158. The van der Waals surface area contributed by atoms with E-state index in [4.69, 9.17) is 37.8 Å². The number of hydrogen-bond donors (Lipinski definition) is 2. The lowest BCUT2D eigenvalue weighted by atomic mass is 9.80. The molecule has 0 radical (unpaired) electrons. The molecule has 0 aromatic heterocycles. The maximum atomic E-state index is 13.8.